The minimum absolute atomic E-state index is 1.11. The second kappa shape index (κ2) is 18.3. The third-order valence-corrected chi connectivity index (χ3v) is 6.29. The number of rotatable bonds is 7. The van der Waals surface area contributed by atoms with Gasteiger partial charge in [0, 0.05) is 33.4 Å². The highest BCUT2D eigenvalue weighted by Gasteiger charge is 2.15. The number of para-hydroxylation sites is 2. The molecule has 0 amide bonds. The van der Waals surface area contributed by atoms with Crippen molar-refractivity contribution < 1.29 is 0 Å². The fraction of sp³-hybridized carbons (Fsp3) is 0.282. The van der Waals surface area contributed by atoms with Crippen LogP contribution in [0.5, 0.6) is 0 Å². The Balaban J connectivity index is 0.00000131. The monoisotopic (exact) mass is 548 g/mol. The molecule has 2 nitrogen and oxygen atoms in total. The summed E-state index contributed by atoms with van der Waals surface area (Å²) < 4.78 is 4.66. The Morgan fingerprint density at radius 3 is 1.95 bits per heavy atom. The van der Waals surface area contributed by atoms with Gasteiger partial charge in [-0.15, -0.1) is 0 Å². The summed E-state index contributed by atoms with van der Waals surface area (Å²) in [6, 6.07) is 19.4. The van der Waals surface area contributed by atoms with Crippen LogP contribution < -0.4 is 0 Å². The average molecular weight is 549 g/mol. The van der Waals surface area contributed by atoms with E-state index >= 15 is 0 Å². The molecule has 218 valence electrons. The van der Waals surface area contributed by atoms with E-state index in [0.29, 0.717) is 0 Å². The fourth-order valence-corrected chi connectivity index (χ4v) is 4.88. The molecule has 0 aliphatic carbocycles. The van der Waals surface area contributed by atoms with Gasteiger partial charge in [0.15, 0.2) is 0 Å². The van der Waals surface area contributed by atoms with Crippen molar-refractivity contribution in [2.75, 3.05) is 0 Å². The first-order valence-electron chi connectivity index (χ1n) is 15.2. The quantitative estimate of drug-likeness (QED) is 0.203. The first-order chi connectivity index (χ1) is 20.0. The Kier molecular flexibility index (Phi) is 15.6. The molecule has 0 aliphatic heterocycles. The molecular formula is C39H52N2. The highest BCUT2D eigenvalue weighted by atomic mass is 15.0. The van der Waals surface area contributed by atoms with Crippen molar-refractivity contribution in [2.45, 2.75) is 76.2 Å². The Bertz CT molecular complexity index is 1540. The van der Waals surface area contributed by atoms with Crippen molar-refractivity contribution in [1.29, 1.82) is 0 Å². The molecule has 0 spiro atoms. The van der Waals surface area contributed by atoms with Crippen LogP contribution in [-0.4, -0.2) is 9.13 Å². The Morgan fingerprint density at radius 1 is 0.756 bits per heavy atom. The number of allylic oxidation sites excluding steroid dienone is 8. The molecule has 2 aromatic carbocycles. The minimum Gasteiger partial charge on any atom is -0.313 e. The van der Waals surface area contributed by atoms with Gasteiger partial charge in [-0.25, -0.2) is 0 Å². The number of benzene rings is 2. The van der Waals surface area contributed by atoms with Gasteiger partial charge in [-0.3, -0.25) is 0 Å². The molecule has 0 radical (unpaired) electrons. The third-order valence-electron chi connectivity index (χ3n) is 6.29. The van der Waals surface area contributed by atoms with Crippen molar-refractivity contribution in [3.05, 3.63) is 114 Å². The average Bonchev–Trinajstić information content (AvgIpc) is 3.54. The van der Waals surface area contributed by atoms with Crippen LogP contribution in [-0.2, 0) is 0 Å². The molecule has 0 fully saturated rings. The second-order valence-corrected chi connectivity index (χ2v) is 8.71. The van der Waals surface area contributed by atoms with Gasteiger partial charge < -0.3 is 9.13 Å². The minimum atomic E-state index is 1.11. The van der Waals surface area contributed by atoms with Gasteiger partial charge in [0.25, 0.3) is 0 Å². The van der Waals surface area contributed by atoms with Crippen LogP contribution in [0.1, 0.15) is 93.1 Å². The second-order valence-electron chi connectivity index (χ2n) is 8.71. The van der Waals surface area contributed by atoms with Crippen LogP contribution in [0.15, 0.2) is 97.1 Å². The summed E-state index contributed by atoms with van der Waals surface area (Å²) in [5.74, 6) is 0. The molecule has 0 saturated heterocycles. The van der Waals surface area contributed by atoms with Gasteiger partial charge >= 0.3 is 0 Å². The summed E-state index contributed by atoms with van der Waals surface area (Å²) in [4.78, 5) is 0. The van der Waals surface area contributed by atoms with Crippen LogP contribution >= 0.6 is 0 Å². The van der Waals surface area contributed by atoms with E-state index in [1.54, 1.807) is 0 Å². The summed E-state index contributed by atoms with van der Waals surface area (Å²) in [6.45, 7) is 26.7. The highest BCUT2D eigenvalue weighted by molar-refractivity contribution is 5.97. The van der Waals surface area contributed by atoms with Gasteiger partial charge in [0.1, 0.15) is 0 Å². The number of hydrogen-bond donors (Lipinski definition) is 0. The predicted octanol–water partition coefficient (Wildman–Crippen LogP) is 12.8. The Labute approximate surface area is 250 Å². The van der Waals surface area contributed by atoms with Gasteiger partial charge in [-0.1, -0.05) is 115 Å². The zero-order chi connectivity index (χ0) is 30.9. The molecule has 2 aromatic heterocycles. The zero-order valence-electron chi connectivity index (χ0n) is 27.4. The largest absolute Gasteiger partial charge is 0.313 e. The SMILES string of the molecule is C=Cc1c(/C=C\C)c2ccccc2n1/C(C)=C/C(=C\C)n1c(/C=C(C)\C=C/C)cc2ccccc21.CC.CC.CC. The molecule has 0 aliphatic rings. The van der Waals surface area contributed by atoms with E-state index < -0.39 is 0 Å². The van der Waals surface area contributed by atoms with Crippen molar-refractivity contribution in [2.24, 2.45) is 0 Å². The normalized spacial score (nSPS) is 12.1. The molecule has 0 N–H and O–H groups in total. The van der Waals surface area contributed by atoms with E-state index in [1.165, 1.54) is 32.9 Å². The summed E-state index contributed by atoms with van der Waals surface area (Å²) in [5, 5.41) is 2.46. The summed E-state index contributed by atoms with van der Waals surface area (Å²) in [5.41, 5.74) is 9.33. The standard InChI is InChI=1S/C33H34N2.3C2H6/c1-7-15-24(5)21-28-23-26-17-11-13-19-32(26)35(28)27(9-3)22-25(6)34-31(10-4)29(16-8-2)30-18-12-14-20-33(30)34;3*1-2/h7-23H,4H2,1-3,5-6H3;3*1-2H3/b15-7-,16-8-,24-21-,25-22+,27-9+;;;. The molecule has 0 saturated carbocycles. The Hall–Kier alpha value is -4.04. The van der Waals surface area contributed by atoms with Gasteiger partial charge in [-0.05, 0) is 76.6 Å². The van der Waals surface area contributed by atoms with E-state index in [2.05, 4.69) is 147 Å². The first kappa shape index (κ1) is 35.0. The number of aromatic nitrogens is 2. The molecule has 0 atom stereocenters. The van der Waals surface area contributed by atoms with E-state index in [-0.39, 0.29) is 0 Å². The maximum atomic E-state index is 4.15. The lowest BCUT2D eigenvalue weighted by atomic mass is 10.1. The summed E-state index contributed by atoms with van der Waals surface area (Å²) >= 11 is 0. The molecule has 2 heterocycles. The molecule has 0 unspecified atom stereocenters. The smallest absolute Gasteiger partial charge is 0.0537 e. The maximum Gasteiger partial charge on any atom is 0.0537 e. The van der Waals surface area contributed by atoms with Crippen LogP contribution in [0.25, 0.3) is 51.4 Å². The zero-order valence-corrected chi connectivity index (χ0v) is 27.4. The van der Waals surface area contributed by atoms with Gasteiger partial charge in [0.2, 0.25) is 0 Å². The Morgan fingerprint density at radius 2 is 1.37 bits per heavy atom. The van der Waals surface area contributed by atoms with E-state index in [9.17, 15) is 0 Å². The molecular weight excluding hydrogens is 496 g/mol. The topological polar surface area (TPSA) is 9.86 Å². The van der Waals surface area contributed by atoms with Crippen molar-refractivity contribution >= 4 is 51.4 Å². The van der Waals surface area contributed by atoms with Crippen LogP contribution in [0, 0.1) is 0 Å². The van der Waals surface area contributed by atoms with E-state index in [0.717, 1.165) is 22.8 Å². The van der Waals surface area contributed by atoms with E-state index in [4.69, 9.17) is 0 Å². The van der Waals surface area contributed by atoms with Crippen LogP contribution in [0.2, 0.25) is 0 Å². The highest BCUT2D eigenvalue weighted by Crippen LogP contribution is 2.33. The van der Waals surface area contributed by atoms with Crippen molar-refractivity contribution in [3.8, 4) is 0 Å². The predicted molar refractivity (Wildman–Crippen MR) is 191 cm³/mol. The van der Waals surface area contributed by atoms with Crippen molar-refractivity contribution in [1.82, 2.24) is 9.13 Å². The molecule has 2 heteroatoms. The number of hydrogen-bond acceptors (Lipinski definition) is 0. The first-order valence-corrected chi connectivity index (χ1v) is 15.2. The van der Waals surface area contributed by atoms with Gasteiger partial charge in [-0.2, -0.15) is 0 Å². The van der Waals surface area contributed by atoms with E-state index in [1.807, 2.05) is 47.6 Å². The molecule has 4 aromatic rings. The lowest BCUT2D eigenvalue weighted by molar-refractivity contribution is 1.11. The van der Waals surface area contributed by atoms with Gasteiger partial charge in [0.05, 0.1) is 16.7 Å². The van der Waals surface area contributed by atoms with Crippen LogP contribution in [0.3, 0.4) is 0 Å². The third kappa shape index (κ3) is 8.01. The lowest BCUT2D eigenvalue weighted by Gasteiger charge is -2.14. The number of fused-ring (bicyclic) bond motifs is 2. The van der Waals surface area contributed by atoms with Crippen LogP contribution in [0.4, 0.5) is 0 Å². The summed E-state index contributed by atoms with van der Waals surface area (Å²) in [7, 11) is 0. The molecule has 4 rings (SSSR count). The summed E-state index contributed by atoms with van der Waals surface area (Å²) in [6.07, 6.45) is 17.1. The number of nitrogens with zero attached hydrogens (tertiary/aromatic N) is 2. The molecule has 0 bridgehead atoms. The van der Waals surface area contributed by atoms with Crippen molar-refractivity contribution in [3.63, 3.8) is 0 Å². The lowest BCUT2D eigenvalue weighted by Crippen LogP contribution is -2.01. The maximum absolute atomic E-state index is 4.15. The molecule has 41 heavy (non-hydrogen) atoms. The fourth-order valence-electron chi connectivity index (χ4n) is 4.88.